The summed E-state index contributed by atoms with van der Waals surface area (Å²) in [4.78, 5) is 34.5. The van der Waals surface area contributed by atoms with E-state index in [1.807, 2.05) is 0 Å². The molecule has 78 valence electrons. The van der Waals surface area contributed by atoms with Gasteiger partial charge in [-0.25, -0.2) is 0 Å². The summed E-state index contributed by atoms with van der Waals surface area (Å²) < 4.78 is 4.54. The highest BCUT2D eigenvalue weighted by molar-refractivity contribution is 6.21. The molecule has 4 nitrogen and oxygen atoms in total. The molecular weight excluding hydrogens is 184 g/mol. The van der Waals surface area contributed by atoms with Crippen molar-refractivity contribution in [3.8, 4) is 0 Å². The lowest BCUT2D eigenvalue weighted by atomic mass is 9.70. The first-order valence-corrected chi connectivity index (χ1v) is 4.68. The standard InChI is InChI=1S/C10H14O4/c1-7(11)10(9(13)14-2)6-4-3-5-8(10)12/h3-6H2,1-2H3. The van der Waals surface area contributed by atoms with Crippen LogP contribution in [0.25, 0.3) is 0 Å². The van der Waals surface area contributed by atoms with Gasteiger partial charge in [-0.1, -0.05) is 6.42 Å². The summed E-state index contributed by atoms with van der Waals surface area (Å²) in [6.07, 6.45) is 2.08. The summed E-state index contributed by atoms with van der Waals surface area (Å²) >= 11 is 0. The number of methoxy groups -OCH3 is 1. The minimum atomic E-state index is -1.49. The highest BCUT2D eigenvalue weighted by atomic mass is 16.5. The van der Waals surface area contributed by atoms with Crippen LogP contribution in [-0.2, 0) is 19.1 Å². The Morgan fingerprint density at radius 2 is 2.00 bits per heavy atom. The summed E-state index contributed by atoms with van der Waals surface area (Å²) in [7, 11) is 1.20. The van der Waals surface area contributed by atoms with Crippen molar-refractivity contribution in [1.82, 2.24) is 0 Å². The Hall–Kier alpha value is -1.19. The Bertz CT molecular complexity index is 272. The van der Waals surface area contributed by atoms with Gasteiger partial charge in [-0.15, -0.1) is 0 Å². The van der Waals surface area contributed by atoms with Crippen LogP contribution >= 0.6 is 0 Å². The highest BCUT2D eigenvalue weighted by Crippen LogP contribution is 2.35. The first-order valence-electron chi connectivity index (χ1n) is 4.68. The Morgan fingerprint density at radius 1 is 1.36 bits per heavy atom. The summed E-state index contributed by atoms with van der Waals surface area (Å²) in [6.45, 7) is 1.28. The molecule has 0 aromatic heterocycles. The third-order valence-electron chi connectivity index (χ3n) is 2.82. The molecule has 0 amide bonds. The number of Topliss-reactive ketones (excluding diaryl/α,β-unsaturated/α-hetero) is 2. The number of esters is 1. The topological polar surface area (TPSA) is 60.4 Å². The number of hydrogen-bond acceptors (Lipinski definition) is 4. The average Bonchev–Trinajstić information content (AvgIpc) is 2.17. The minimum Gasteiger partial charge on any atom is -0.468 e. The molecular formula is C10H14O4. The number of rotatable bonds is 2. The van der Waals surface area contributed by atoms with Crippen LogP contribution in [0.2, 0.25) is 0 Å². The van der Waals surface area contributed by atoms with Crippen LogP contribution in [0.4, 0.5) is 0 Å². The van der Waals surface area contributed by atoms with E-state index in [1.165, 1.54) is 14.0 Å². The van der Waals surface area contributed by atoms with Crippen molar-refractivity contribution in [2.75, 3.05) is 7.11 Å². The van der Waals surface area contributed by atoms with Crippen LogP contribution in [-0.4, -0.2) is 24.6 Å². The molecule has 0 aliphatic heterocycles. The van der Waals surface area contributed by atoms with Crippen LogP contribution in [0.3, 0.4) is 0 Å². The van der Waals surface area contributed by atoms with Crippen molar-refractivity contribution in [2.24, 2.45) is 5.41 Å². The lowest BCUT2D eigenvalue weighted by Gasteiger charge is -2.30. The second kappa shape index (κ2) is 3.90. The SMILES string of the molecule is COC(=O)C1(C(C)=O)CCCCC1=O. The first kappa shape index (κ1) is 10.9. The second-order valence-corrected chi connectivity index (χ2v) is 3.58. The van der Waals surface area contributed by atoms with E-state index < -0.39 is 17.2 Å². The quantitative estimate of drug-likeness (QED) is 0.488. The highest BCUT2D eigenvalue weighted by Gasteiger charge is 2.51. The molecule has 1 fully saturated rings. The van der Waals surface area contributed by atoms with E-state index in [4.69, 9.17) is 0 Å². The lowest BCUT2D eigenvalue weighted by molar-refractivity contribution is -0.163. The van der Waals surface area contributed by atoms with Crippen LogP contribution in [0, 0.1) is 5.41 Å². The predicted octanol–water partition coefficient (Wildman–Crippen LogP) is 0.878. The number of hydrogen-bond donors (Lipinski definition) is 0. The molecule has 0 spiro atoms. The van der Waals surface area contributed by atoms with E-state index in [-0.39, 0.29) is 5.78 Å². The molecule has 1 aliphatic carbocycles. The Kier molecular flexibility index (Phi) is 3.03. The van der Waals surface area contributed by atoms with Gasteiger partial charge in [0.1, 0.15) is 0 Å². The zero-order valence-electron chi connectivity index (χ0n) is 8.46. The molecule has 14 heavy (non-hydrogen) atoms. The Balaban J connectivity index is 3.07. The van der Waals surface area contributed by atoms with E-state index in [0.717, 1.165) is 12.8 Å². The normalized spacial score (nSPS) is 27.1. The molecule has 1 rings (SSSR count). The van der Waals surface area contributed by atoms with Crippen molar-refractivity contribution in [1.29, 1.82) is 0 Å². The predicted molar refractivity (Wildman–Crippen MR) is 48.6 cm³/mol. The molecule has 0 bridgehead atoms. The van der Waals surface area contributed by atoms with E-state index in [1.54, 1.807) is 0 Å². The minimum absolute atomic E-state index is 0.289. The number of carbonyl (C=O) groups is 3. The second-order valence-electron chi connectivity index (χ2n) is 3.58. The van der Waals surface area contributed by atoms with Crippen molar-refractivity contribution < 1.29 is 19.1 Å². The molecule has 1 aliphatic rings. The summed E-state index contributed by atoms with van der Waals surface area (Å²) in [5.74, 6) is -1.38. The maximum atomic E-state index is 11.6. The van der Waals surface area contributed by atoms with Gasteiger partial charge in [0, 0.05) is 6.42 Å². The summed E-state index contributed by atoms with van der Waals surface area (Å²) in [5, 5.41) is 0. The average molecular weight is 198 g/mol. The third kappa shape index (κ3) is 1.45. The Labute approximate surface area is 82.6 Å². The molecule has 1 atom stereocenters. The maximum absolute atomic E-state index is 11.6. The lowest BCUT2D eigenvalue weighted by Crippen LogP contribution is -2.47. The molecule has 0 saturated heterocycles. The van der Waals surface area contributed by atoms with Crippen LogP contribution in [0.5, 0.6) is 0 Å². The zero-order chi connectivity index (χ0) is 10.8. The fraction of sp³-hybridized carbons (Fsp3) is 0.700. The first-order chi connectivity index (χ1) is 6.55. The fourth-order valence-electron chi connectivity index (χ4n) is 1.93. The molecule has 1 saturated carbocycles. The zero-order valence-corrected chi connectivity index (χ0v) is 8.46. The molecule has 0 aromatic carbocycles. The number of ether oxygens (including phenoxy) is 1. The monoisotopic (exact) mass is 198 g/mol. The van der Waals surface area contributed by atoms with Crippen molar-refractivity contribution in [3.05, 3.63) is 0 Å². The van der Waals surface area contributed by atoms with Gasteiger partial charge in [0.05, 0.1) is 7.11 Å². The van der Waals surface area contributed by atoms with Crippen molar-refractivity contribution >= 4 is 17.5 Å². The molecule has 1 unspecified atom stereocenters. The molecule has 0 heterocycles. The van der Waals surface area contributed by atoms with Gasteiger partial charge in [-0.05, 0) is 19.8 Å². The number of carbonyl (C=O) groups excluding carboxylic acids is 3. The smallest absolute Gasteiger partial charge is 0.326 e. The summed E-state index contributed by atoms with van der Waals surface area (Å²) in [6, 6.07) is 0. The number of ketones is 2. The van der Waals surface area contributed by atoms with E-state index in [9.17, 15) is 14.4 Å². The molecule has 0 radical (unpaired) electrons. The van der Waals surface area contributed by atoms with Gasteiger partial charge >= 0.3 is 5.97 Å². The fourth-order valence-corrected chi connectivity index (χ4v) is 1.93. The van der Waals surface area contributed by atoms with Crippen LogP contribution in [0.1, 0.15) is 32.6 Å². The van der Waals surface area contributed by atoms with Gasteiger partial charge in [-0.2, -0.15) is 0 Å². The Morgan fingerprint density at radius 3 is 2.43 bits per heavy atom. The van der Waals surface area contributed by atoms with Gasteiger partial charge in [0.25, 0.3) is 0 Å². The van der Waals surface area contributed by atoms with E-state index >= 15 is 0 Å². The van der Waals surface area contributed by atoms with Crippen LogP contribution in [0.15, 0.2) is 0 Å². The van der Waals surface area contributed by atoms with E-state index in [0.29, 0.717) is 12.8 Å². The van der Waals surface area contributed by atoms with Gasteiger partial charge in [0.2, 0.25) is 0 Å². The van der Waals surface area contributed by atoms with Crippen LogP contribution < -0.4 is 0 Å². The van der Waals surface area contributed by atoms with Crippen molar-refractivity contribution in [3.63, 3.8) is 0 Å². The van der Waals surface area contributed by atoms with Crippen molar-refractivity contribution in [2.45, 2.75) is 32.6 Å². The molecule has 0 aromatic rings. The third-order valence-corrected chi connectivity index (χ3v) is 2.82. The maximum Gasteiger partial charge on any atom is 0.326 e. The van der Waals surface area contributed by atoms with Gasteiger partial charge in [-0.3, -0.25) is 14.4 Å². The molecule has 4 heteroatoms. The van der Waals surface area contributed by atoms with Gasteiger partial charge in [0.15, 0.2) is 17.0 Å². The van der Waals surface area contributed by atoms with Gasteiger partial charge < -0.3 is 4.74 Å². The largest absolute Gasteiger partial charge is 0.468 e. The summed E-state index contributed by atoms with van der Waals surface area (Å²) in [5.41, 5.74) is -1.49. The molecule has 0 N–H and O–H groups in total. The van der Waals surface area contributed by atoms with E-state index in [2.05, 4.69) is 4.74 Å².